The van der Waals surface area contributed by atoms with Gasteiger partial charge in [-0.25, -0.2) is 28.5 Å². The number of rotatable bonds is 5. The number of pyridine rings is 1. The third-order valence-corrected chi connectivity index (χ3v) is 5.90. The zero-order valence-corrected chi connectivity index (χ0v) is 19.1. The van der Waals surface area contributed by atoms with Gasteiger partial charge in [-0.05, 0) is 44.5 Å². The number of carbonyl (C=O) groups is 1. The average Bonchev–Trinajstić information content (AvgIpc) is 2.78. The molecule has 1 aromatic carbocycles. The molecule has 1 unspecified atom stereocenters. The van der Waals surface area contributed by atoms with Gasteiger partial charge in [0.25, 0.3) is 5.92 Å². The van der Waals surface area contributed by atoms with Gasteiger partial charge >= 0.3 is 5.97 Å². The van der Waals surface area contributed by atoms with Gasteiger partial charge in [-0.1, -0.05) is 6.07 Å². The van der Waals surface area contributed by atoms with E-state index >= 15 is 0 Å². The molecule has 1 aliphatic rings. The number of carboxylic acids is 1. The van der Waals surface area contributed by atoms with Gasteiger partial charge in [0.2, 0.25) is 0 Å². The number of hydrogen-bond donors (Lipinski definition) is 2. The fourth-order valence-corrected chi connectivity index (χ4v) is 4.14. The largest absolute Gasteiger partial charge is 0.476 e. The Morgan fingerprint density at radius 3 is 2.56 bits per heavy atom. The van der Waals surface area contributed by atoms with Crippen LogP contribution in [0, 0.1) is 25.2 Å². The first-order valence-corrected chi connectivity index (χ1v) is 10.9. The zero-order valence-electron chi connectivity index (χ0n) is 19.1. The summed E-state index contributed by atoms with van der Waals surface area (Å²) >= 11 is 0. The topological polar surface area (TPSA) is 115 Å². The van der Waals surface area contributed by atoms with Crippen molar-refractivity contribution in [3.05, 3.63) is 52.5 Å². The molecule has 0 saturated carbocycles. The number of hydrogen-bond acceptors (Lipinski definition) is 7. The molecule has 3 aromatic rings. The monoisotopic (exact) mass is 466 g/mol. The van der Waals surface area contributed by atoms with Crippen LogP contribution in [0.5, 0.6) is 0 Å². The number of anilines is 2. The van der Waals surface area contributed by atoms with Crippen molar-refractivity contribution in [2.45, 2.75) is 45.6 Å². The number of nitriles is 1. The molecule has 2 aromatic heterocycles. The maximum Gasteiger partial charge on any atom is 0.356 e. The Morgan fingerprint density at radius 2 is 1.91 bits per heavy atom. The number of aromatic carboxylic acids is 1. The van der Waals surface area contributed by atoms with Crippen LogP contribution in [0.4, 0.5) is 20.3 Å². The van der Waals surface area contributed by atoms with E-state index in [4.69, 9.17) is 4.98 Å². The zero-order chi connectivity index (χ0) is 24.6. The summed E-state index contributed by atoms with van der Waals surface area (Å²) in [4.78, 5) is 26.7. The van der Waals surface area contributed by atoms with Crippen molar-refractivity contribution in [2.24, 2.45) is 0 Å². The van der Waals surface area contributed by atoms with Crippen LogP contribution in [0.2, 0.25) is 0 Å². The van der Waals surface area contributed by atoms with E-state index in [1.54, 1.807) is 24.0 Å². The number of benzene rings is 1. The van der Waals surface area contributed by atoms with Crippen molar-refractivity contribution in [1.29, 1.82) is 5.26 Å². The van der Waals surface area contributed by atoms with Crippen molar-refractivity contribution in [3.8, 4) is 6.07 Å². The second-order valence-electron chi connectivity index (χ2n) is 8.59. The molecular weight excluding hydrogens is 442 g/mol. The van der Waals surface area contributed by atoms with Crippen molar-refractivity contribution in [3.63, 3.8) is 0 Å². The Hall–Kier alpha value is -3.87. The lowest BCUT2D eigenvalue weighted by molar-refractivity contribution is -0.0221. The minimum atomic E-state index is -2.72. The van der Waals surface area contributed by atoms with E-state index in [-0.39, 0.29) is 49.2 Å². The normalized spacial score (nSPS) is 16.2. The number of aryl methyl sites for hydroxylation is 2. The van der Waals surface area contributed by atoms with E-state index in [2.05, 4.69) is 15.3 Å². The molecule has 0 radical (unpaired) electrons. The molecular formula is C24H24F2N6O2. The summed E-state index contributed by atoms with van der Waals surface area (Å²) in [6, 6.07) is 8.77. The quantitative estimate of drug-likeness (QED) is 0.560. The molecule has 0 bridgehead atoms. The third-order valence-electron chi connectivity index (χ3n) is 5.90. The molecule has 8 nitrogen and oxygen atoms in total. The molecule has 3 heterocycles. The van der Waals surface area contributed by atoms with Gasteiger partial charge in [-0.3, -0.25) is 0 Å². The van der Waals surface area contributed by atoms with E-state index < -0.39 is 11.9 Å². The lowest BCUT2D eigenvalue weighted by Gasteiger charge is -2.33. The molecule has 1 fully saturated rings. The molecule has 0 spiro atoms. The van der Waals surface area contributed by atoms with Crippen molar-refractivity contribution in [1.82, 2.24) is 15.0 Å². The second kappa shape index (κ2) is 8.82. The second-order valence-corrected chi connectivity index (χ2v) is 8.59. The van der Waals surface area contributed by atoms with Crippen molar-refractivity contribution in [2.75, 3.05) is 23.3 Å². The molecule has 1 aliphatic heterocycles. The standard InChI is InChI=1S/C24H24F2N6O2/c1-13-10-16(15(3)29-17-5-4-14(2)28-21(17)23(33)34)20-18(11-13)30-19(12-27)22(31-20)32-8-6-24(25,26)7-9-32/h4-5,10-11,15,29H,6-9H2,1-3H3,(H,33,34). The molecule has 0 amide bonds. The van der Waals surface area contributed by atoms with Gasteiger partial charge < -0.3 is 15.3 Å². The number of halogens is 2. The van der Waals surface area contributed by atoms with Gasteiger partial charge in [-0.2, -0.15) is 5.26 Å². The number of nitrogens with one attached hydrogen (secondary N) is 1. The third kappa shape index (κ3) is 4.59. The highest BCUT2D eigenvalue weighted by Gasteiger charge is 2.35. The van der Waals surface area contributed by atoms with Gasteiger partial charge in [0.05, 0.1) is 22.8 Å². The van der Waals surface area contributed by atoms with E-state index in [9.17, 15) is 23.9 Å². The fourth-order valence-electron chi connectivity index (χ4n) is 4.14. The van der Waals surface area contributed by atoms with Gasteiger partial charge in [-0.15, -0.1) is 0 Å². The van der Waals surface area contributed by atoms with Crippen molar-refractivity contribution < 1.29 is 18.7 Å². The number of fused-ring (bicyclic) bond motifs is 1. The maximum atomic E-state index is 13.7. The highest BCUT2D eigenvalue weighted by molar-refractivity contribution is 5.92. The summed E-state index contributed by atoms with van der Waals surface area (Å²) < 4.78 is 27.4. The highest BCUT2D eigenvalue weighted by atomic mass is 19.3. The van der Waals surface area contributed by atoms with Gasteiger partial charge in [0, 0.05) is 37.2 Å². The summed E-state index contributed by atoms with van der Waals surface area (Å²) in [5.41, 5.74) is 3.61. The predicted molar refractivity (Wildman–Crippen MR) is 123 cm³/mol. The lowest BCUT2D eigenvalue weighted by atomic mass is 10.0. The van der Waals surface area contributed by atoms with Crippen LogP contribution in [0.1, 0.15) is 58.8 Å². The van der Waals surface area contributed by atoms with Crippen LogP contribution in [-0.4, -0.2) is 45.0 Å². The summed E-state index contributed by atoms with van der Waals surface area (Å²) in [5, 5.41) is 22.4. The summed E-state index contributed by atoms with van der Waals surface area (Å²) in [7, 11) is 0. The average molecular weight is 466 g/mol. The fraction of sp³-hybridized carbons (Fsp3) is 0.375. The number of aromatic nitrogens is 3. The molecule has 1 saturated heterocycles. The maximum absolute atomic E-state index is 13.7. The van der Waals surface area contributed by atoms with Crippen LogP contribution >= 0.6 is 0 Å². The van der Waals surface area contributed by atoms with Gasteiger partial charge in [0.1, 0.15) is 6.07 Å². The number of carboxylic acid groups (broad SMARTS) is 1. The predicted octanol–water partition coefficient (Wildman–Crippen LogP) is 4.62. The number of alkyl halides is 2. The Balaban J connectivity index is 1.77. The summed E-state index contributed by atoms with van der Waals surface area (Å²) in [5.74, 6) is -3.58. The number of piperidine rings is 1. The first-order chi connectivity index (χ1) is 16.1. The Morgan fingerprint density at radius 1 is 1.21 bits per heavy atom. The van der Waals surface area contributed by atoms with E-state index in [0.717, 1.165) is 11.1 Å². The van der Waals surface area contributed by atoms with Crippen LogP contribution in [-0.2, 0) is 0 Å². The Bertz CT molecular complexity index is 1310. The Labute approximate surface area is 195 Å². The Kier molecular flexibility index (Phi) is 6.04. The van der Waals surface area contributed by atoms with Crippen LogP contribution in [0.3, 0.4) is 0 Å². The first-order valence-electron chi connectivity index (χ1n) is 10.9. The van der Waals surface area contributed by atoms with Crippen LogP contribution in [0.15, 0.2) is 24.3 Å². The smallest absolute Gasteiger partial charge is 0.356 e. The first kappa shape index (κ1) is 23.3. The molecule has 2 N–H and O–H groups in total. The van der Waals surface area contributed by atoms with Crippen molar-refractivity contribution >= 4 is 28.5 Å². The molecule has 0 aliphatic carbocycles. The van der Waals surface area contributed by atoms with E-state index in [1.807, 2.05) is 32.0 Å². The lowest BCUT2D eigenvalue weighted by Crippen LogP contribution is -2.40. The minimum Gasteiger partial charge on any atom is -0.476 e. The highest BCUT2D eigenvalue weighted by Crippen LogP contribution is 2.33. The van der Waals surface area contributed by atoms with Gasteiger partial charge in [0.15, 0.2) is 17.2 Å². The molecule has 34 heavy (non-hydrogen) atoms. The molecule has 1 atom stereocenters. The molecule has 176 valence electrons. The van der Waals surface area contributed by atoms with Crippen LogP contribution < -0.4 is 10.2 Å². The molecule has 4 rings (SSSR count). The van der Waals surface area contributed by atoms with E-state index in [1.165, 1.54) is 0 Å². The summed E-state index contributed by atoms with van der Waals surface area (Å²) in [6.07, 6.45) is -0.622. The molecule has 10 heteroatoms. The summed E-state index contributed by atoms with van der Waals surface area (Å²) in [6.45, 7) is 5.62. The number of nitrogens with zero attached hydrogens (tertiary/aromatic N) is 5. The minimum absolute atomic E-state index is 0.0773. The van der Waals surface area contributed by atoms with E-state index in [0.29, 0.717) is 22.4 Å². The van der Waals surface area contributed by atoms with Crippen LogP contribution in [0.25, 0.3) is 11.0 Å². The SMILES string of the molecule is Cc1cc(C(C)Nc2ccc(C)nc2C(=O)O)c2nc(N3CCC(F)(F)CC3)c(C#N)nc2c1.